The van der Waals surface area contributed by atoms with Crippen LogP contribution < -0.4 is 5.73 Å². The van der Waals surface area contributed by atoms with E-state index in [1.165, 1.54) is 18.2 Å². The van der Waals surface area contributed by atoms with E-state index in [0.29, 0.717) is 17.5 Å². The fourth-order valence-electron chi connectivity index (χ4n) is 1.51. The smallest absolute Gasteiger partial charge is 0.165 e. The van der Waals surface area contributed by atoms with Crippen LogP contribution in [0.4, 0.5) is 4.39 Å². The summed E-state index contributed by atoms with van der Waals surface area (Å²) in [6.07, 6.45) is 0.304. The van der Waals surface area contributed by atoms with E-state index in [4.69, 9.17) is 5.73 Å². The highest BCUT2D eigenvalue weighted by molar-refractivity contribution is 6.01. The standard InChI is InChI=1S/C9H8FNO/c10-5-1-2-6-7(3-5)8(11)4-9(6)12/h1-3,8H,4,11H2/t8-/m0/s1. The van der Waals surface area contributed by atoms with Crippen LogP contribution in [-0.4, -0.2) is 5.78 Å². The van der Waals surface area contributed by atoms with Gasteiger partial charge in [0.15, 0.2) is 5.78 Å². The summed E-state index contributed by atoms with van der Waals surface area (Å²) in [4.78, 5) is 11.2. The van der Waals surface area contributed by atoms with Crippen LogP contribution in [0.5, 0.6) is 0 Å². The van der Waals surface area contributed by atoms with E-state index in [2.05, 4.69) is 0 Å². The van der Waals surface area contributed by atoms with Gasteiger partial charge < -0.3 is 5.73 Å². The van der Waals surface area contributed by atoms with Gasteiger partial charge in [0, 0.05) is 18.0 Å². The van der Waals surface area contributed by atoms with E-state index in [1.54, 1.807) is 0 Å². The van der Waals surface area contributed by atoms with Gasteiger partial charge in [0.25, 0.3) is 0 Å². The molecule has 0 spiro atoms. The van der Waals surface area contributed by atoms with Gasteiger partial charge in [0.2, 0.25) is 0 Å². The molecule has 2 rings (SSSR count). The number of Topliss-reactive ketones (excluding diaryl/α,β-unsaturated/α-hetero) is 1. The number of nitrogens with two attached hydrogens (primary N) is 1. The van der Waals surface area contributed by atoms with Gasteiger partial charge in [-0.1, -0.05) is 0 Å². The Morgan fingerprint density at radius 3 is 3.00 bits per heavy atom. The van der Waals surface area contributed by atoms with Crippen LogP contribution in [0.1, 0.15) is 28.4 Å². The molecule has 1 aromatic rings. The van der Waals surface area contributed by atoms with Crippen molar-refractivity contribution >= 4 is 5.78 Å². The van der Waals surface area contributed by atoms with Crippen LogP contribution in [0, 0.1) is 5.82 Å². The summed E-state index contributed by atoms with van der Waals surface area (Å²) >= 11 is 0. The normalized spacial score (nSPS) is 21.2. The number of benzene rings is 1. The summed E-state index contributed by atoms with van der Waals surface area (Å²) in [6, 6.07) is 3.81. The van der Waals surface area contributed by atoms with Crippen molar-refractivity contribution in [2.24, 2.45) is 5.73 Å². The minimum atomic E-state index is -0.334. The molecule has 2 nitrogen and oxygen atoms in total. The summed E-state index contributed by atoms with van der Waals surface area (Å²) in [5.41, 5.74) is 6.83. The number of ketones is 1. The molecule has 12 heavy (non-hydrogen) atoms. The summed E-state index contributed by atoms with van der Waals surface area (Å²) in [7, 11) is 0. The van der Waals surface area contributed by atoms with E-state index in [9.17, 15) is 9.18 Å². The predicted octanol–water partition coefficient (Wildman–Crippen LogP) is 1.41. The Labute approximate surface area is 69.2 Å². The van der Waals surface area contributed by atoms with Crippen molar-refractivity contribution in [3.63, 3.8) is 0 Å². The van der Waals surface area contributed by atoms with Gasteiger partial charge in [-0.2, -0.15) is 0 Å². The average molecular weight is 165 g/mol. The predicted molar refractivity (Wildman–Crippen MR) is 42.3 cm³/mol. The number of carbonyl (C=O) groups excluding carboxylic acids is 1. The minimum Gasteiger partial charge on any atom is -0.324 e. The van der Waals surface area contributed by atoms with E-state index >= 15 is 0 Å². The van der Waals surface area contributed by atoms with Crippen LogP contribution in [0.15, 0.2) is 18.2 Å². The van der Waals surface area contributed by atoms with Crippen molar-refractivity contribution in [1.29, 1.82) is 0 Å². The first kappa shape index (κ1) is 7.43. The maximum Gasteiger partial charge on any atom is 0.165 e. The van der Waals surface area contributed by atoms with Crippen molar-refractivity contribution in [2.75, 3.05) is 0 Å². The maximum absolute atomic E-state index is 12.7. The Bertz CT molecular complexity index is 348. The molecule has 0 heterocycles. The van der Waals surface area contributed by atoms with Gasteiger partial charge in [0.1, 0.15) is 5.82 Å². The molecule has 1 aliphatic rings. The van der Waals surface area contributed by atoms with Gasteiger partial charge in [-0.25, -0.2) is 4.39 Å². The summed E-state index contributed by atoms with van der Waals surface area (Å²) in [5, 5.41) is 0. The lowest BCUT2D eigenvalue weighted by Gasteiger charge is -2.01. The van der Waals surface area contributed by atoms with Crippen LogP contribution in [-0.2, 0) is 0 Å². The van der Waals surface area contributed by atoms with Gasteiger partial charge in [-0.15, -0.1) is 0 Å². The highest BCUT2D eigenvalue weighted by atomic mass is 19.1. The number of halogens is 1. The summed E-state index contributed by atoms with van der Waals surface area (Å²) < 4.78 is 12.7. The fourth-order valence-corrected chi connectivity index (χ4v) is 1.51. The molecule has 0 aromatic heterocycles. The Morgan fingerprint density at radius 1 is 1.50 bits per heavy atom. The molecule has 1 aliphatic carbocycles. The molecule has 0 bridgehead atoms. The second-order valence-corrected chi connectivity index (χ2v) is 2.97. The minimum absolute atomic E-state index is 0.0116. The maximum atomic E-state index is 12.7. The van der Waals surface area contributed by atoms with Crippen molar-refractivity contribution in [2.45, 2.75) is 12.5 Å². The molecule has 3 heteroatoms. The third-order valence-electron chi connectivity index (χ3n) is 2.12. The summed E-state index contributed by atoms with van der Waals surface area (Å²) in [6.45, 7) is 0. The number of hydrogen-bond donors (Lipinski definition) is 1. The van der Waals surface area contributed by atoms with Crippen LogP contribution >= 0.6 is 0 Å². The highest BCUT2D eigenvalue weighted by Gasteiger charge is 2.26. The number of fused-ring (bicyclic) bond motifs is 1. The van der Waals surface area contributed by atoms with Crippen molar-refractivity contribution in [3.05, 3.63) is 35.1 Å². The van der Waals surface area contributed by atoms with Gasteiger partial charge in [0.05, 0.1) is 0 Å². The Balaban J connectivity index is 2.60. The molecule has 2 N–H and O–H groups in total. The lowest BCUT2D eigenvalue weighted by Crippen LogP contribution is -2.05. The third kappa shape index (κ3) is 0.940. The monoisotopic (exact) mass is 165 g/mol. The third-order valence-corrected chi connectivity index (χ3v) is 2.12. The molecule has 1 atom stereocenters. The fraction of sp³-hybridized carbons (Fsp3) is 0.222. The lowest BCUT2D eigenvalue weighted by molar-refractivity contribution is 0.0989. The van der Waals surface area contributed by atoms with Gasteiger partial charge in [-0.05, 0) is 23.8 Å². The quantitative estimate of drug-likeness (QED) is 0.631. The van der Waals surface area contributed by atoms with E-state index in [1.807, 2.05) is 0 Å². The number of rotatable bonds is 0. The Hall–Kier alpha value is -1.22. The second kappa shape index (κ2) is 2.38. The lowest BCUT2D eigenvalue weighted by atomic mass is 10.1. The molecular formula is C9H8FNO. The van der Waals surface area contributed by atoms with E-state index in [0.717, 1.165) is 0 Å². The first-order valence-corrected chi connectivity index (χ1v) is 3.76. The molecule has 0 saturated carbocycles. The van der Waals surface area contributed by atoms with Gasteiger partial charge in [-0.3, -0.25) is 4.79 Å². The first-order chi connectivity index (χ1) is 5.68. The van der Waals surface area contributed by atoms with Crippen molar-refractivity contribution in [1.82, 2.24) is 0 Å². The molecule has 62 valence electrons. The van der Waals surface area contributed by atoms with E-state index < -0.39 is 0 Å². The summed E-state index contributed by atoms with van der Waals surface area (Å²) in [5.74, 6) is -0.323. The first-order valence-electron chi connectivity index (χ1n) is 3.76. The highest BCUT2D eigenvalue weighted by Crippen LogP contribution is 2.29. The largest absolute Gasteiger partial charge is 0.324 e. The zero-order valence-corrected chi connectivity index (χ0v) is 6.38. The topological polar surface area (TPSA) is 43.1 Å². The molecule has 0 fully saturated rings. The Kier molecular flexibility index (Phi) is 1.48. The molecular weight excluding hydrogens is 157 g/mol. The number of hydrogen-bond acceptors (Lipinski definition) is 2. The van der Waals surface area contributed by atoms with Gasteiger partial charge >= 0.3 is 0 Å². The molecule has 0 radical (unpaired) electrons. The molecule has 0 saturated heterocycles. The van der Waals surface area contributed by atoms with Crippen LogP contribution in [0.2, 0.25) is 0 Å². The zero-order valence-electron chi connectivity index (χ0n) is 6.38. The average Bonchev–Trinajstić information content (AvgIpc) is 2.28. The molecule has 1 aromatic carbocycles. The molecule has 0 amide bonds. The molecule has 0 unspecified atom stereocenters. The van der Waals surface area contributed by atoms with Crippen molar-refractivity contribution in [3.8, 4) is 0 Å². The SMILES string of the molecule is N[C@H]1CC(=O)c2ccc(F)cc21. The molecule has 0 aliphatic heterocycles. The van der Waals surface area contributed by atoms with Crippen LogP contribution in [0.25, 0.3) is 0 Å². The van der Waals surface area contributed by atoms with E-state index in [-0.39, 0.29) is 17.6 Å². The Morgan fingerprint density at radius 2 is 2.25 bits per heavy atom. The zero-order chi connectivity index (χ0) is 8.72. The second-order valence-electron chi connectivity index (χ2n) is 2.97. The van der Waals surface area contributed by atoms with Crippen molar-refractivity contribution < 1.29 is 9.18 Å². The number of carbonyl (C=O) groups is 1. The van der Waals surface area contributed by atoms with Crippen LogP contribution in [0.3, 0.4) is 0 Å².